The first kappa shape index (κ1) is 27.6. The maximum Gasteiger partial charge on any atom is 0.348 e. The van der Waals surface area contributed by atoms with Gasteiger partial charge in [-0.3, -0.25) is 4.79 Å². The summed E-state index contributed by atoms with van der Waals surface area (Å²) in [7, 11) is 1.58. The van der Waals surface area contributed by atoms with Crippen molar-refractivity contribution in [3.63, 3.8) is 0 Å². The SMILES string of the molecule is CO[C@H]1CN(c2nc(-c3nccc(N4CCCCC4)n3)c(C(=O)O)s2)CC[C@H]1NC(=O)c1[nH]c(C)c(Cl)c1Cl. The Balaban J connectivity index is 1.34. The van der Waals surface area contributed by atoms with Crippen LogP contribution in [0, 0.1) is 6.92 Å². The summed E-state index contributed by atoms with van der Waals surface area (Å²) in [6.07, 6.45) is 5.23. The van der Waals surface area contributed by atoms with Gasteiger partial charge in [-0.1, -0.05) is 34.5 Å². The van der Waals surface area contributed by atoms with Crippen LogP contribution in [0.2, 0.25) is 10.0 Å². The molecule has 0 aliphatic carbocycles. The number of carboxylic acids is 1. The number of rotatable bonds is 7. The van der Waals surface area contributed by atoms with Crippen molar-refractivity contribution in [1.29, 1.82) is 0 Å². The first-order chi connectivity index (χ1) is 18.8. The number of methoxy groups -OCH3 is 1. The quantitative estimate of drug-likeness (QED) is 0.367. The van der Waals surface area contributed by atoms with Gasteiger partial charge < -0.3 is 29.9 Å². The van der Waals surface area contributed by atoms with Gasteiger partial charge in [0.1, 0.15) is 22.1 Å². The van der Waals surface area contributed by atoms with Crippen molar-refractivity contribution in [2.45, 2.75) is 44.8 Å². The number of thiazole rings is 1. The van der Waals surface area contributed by atoms with Gasteiger partial charge in [-0.15, -0.1) is 0 Å². The minimum absolute atomic E-state index is 0.0822. The Morgan fingerprint density at radius 2 is 1.92 bits per heavy atom. The zero-order chi connectivity index (χ0) is 27.7. The standard InChI is InChI=1S/C25H29Cl2N7O4S/c1-13-17(26)18(27)19(29-13)23(35)30-14-7-11-34(12-15(14)38-2)25-32-20(21(39-25)24(36)37)22-28-8-6-16(31-22)33-9-4-3-5-10-33/h6,8,14-15,29H,3-5,7,9-12H2,1-2H3,(H,30,35)(H,36,37)/t14-,15+/m1/s1. The Hall–Kier alpha value is -2.93. The number of hydrogen-bond donors (Lipinski definition) is 3. The molecule has 14 heteroatoms. The van der Waals surface area contributed by atoms with E-state index in [4.69, 9.17) is 27.9 Å². The van der Waals surface area contributed by atoms with Crippen LogP contribution in [0.15, 0.2) is 12.3 Å². The van der Waals surface area contributed by atoms with E-state index in [0.717, 1.165) is 43.1 Å². The number of H-pyrrole nitrogens is 1. The van der Waals surface area contributed by atoms with Crippen LogP contribution in [0.4, 0.5) is 10.9 Å². The van der Waals surface area contributed by atoms with E-state index >= 15 is 0 Å². The monoisotopic (exact) mass is 593 g/mol. The first-order valence-corrected chi connectivity index (χ1v) is 14.3. The van der Waals surface area contributed by atoms with E-state index in [1.54, 1.807) is 20.2 Å². The van der Waals surface area contributed by atoms with Gasteiger partial charge in [-0.2, -0.15) is 0 Å². The molecule has 208 valence electrons. The third-order valence-corrected chi connectivity index (χ3v) is 9.12. The van der Waals surface area contributed by atoms with E-state index in [1.807, 2.05) is 11.0 Å². The summed E-state index contributed by atoms with van der Waals surface area (Å²) < 4.78 is 5.71. The molecular weight excluding hydrogens is 565 g/mol. The van der Waals surface area contributed by atoms with E-state index in [0.29, 0.717) is 41.2 Å². The van der Waals surface area contributed by atoms with Crippen LogP contribution in [0.25, 0.3) is 11.5 Å². The number of piperidine rings is 2. The number of carboxylic acid groups (broad SMARTS) is 1. The highest BCUT2D eigenvalue weighted by molar-refractivity contribution is 7.17. The highest BCUT2D eigenvalue weighted by atomic mass is 35.5. The lowest BCUT2D eigenvalue weighted by molar-refractivity contribution is 0.0540. The minimum atomic E-state index is -1.08. The summed E-state index contributed by atoms with van der Waals surface area (Å²) in [5.74, 6) is -0.380. The zero-order valence-electron chi connectivity index (χ0n) is 21.5. The molecule has 3 N–H and O–H groups in total. The van der Waals surface area contributed by atoms with Crippen LogP contribution in [-0.4, -0.2) is 82.4 Å². The zero-order valence-corrected chi connectivity index (χ0v) is 23.9. The summed E-state index contributed by atoms with van der Waals surface area (Å²) in [5, 5.41) is 14.0. The number of nitrogens with zero attached hydrogens (tertiary/aromatic N) is 5. The van der Waals surface area contributed by atoms with Gasteiger partial charge in [0.2, 0.25) is 0 Å². The van der Waals surface area contributed by atoms with E-state index < -0.39 is 5.97 Å². The molecule has 3 aromatic heterocycles. The summed E-state index contributed by atoms with van der Waals surface area (Å²) in [4.78, 5) is 45.9. The molecule has 0 spiro atoms. The molecule has 1 amide bonds. The fraction of sp³-hybridized carbons (Fsp3) is 0.480. The summed E-state index contributed by atoms with van der Waals surface area (Å²) >= 11 is 13.4. The van der Waals surface area contributed by atoms with Gasteiger partial charge in [0, 0.05) is 45.2 Å². The maximum absolute atomic E-state index is 12.9. The van der Waals surface area contributed by atoms with Crippen molar-refractivity contribution in [1.82, 2.24) is 25.3 Å². The summed E-state index contributed by atoms with van der Waals surface area (Å²) in [6, 6.07) is 1.56. The fourth-order valence-corrected chi connectivity index (χ4v) is 6.32. The molecule has 0 unspecified atom stereocenters. The van der Waals surface area contributed by atoms with Gasteiger partial charge in [0.05, 0.1) is 22.2 Å². The first-order valence-electron chi connectivity index (χ1n) is 12.7. The third kappa shape index (κ3) is 5.69. The Bertz CT molecular complexity index is 1370. The van der Waals surface area contributed by atoms with Gasteiger partial charge in [-0.05, 0) is 38.7 Å². The molecule has 2 aliphatic rings. The number of aromatic carboxylic acids is 1. The largest absolute Gasteiger partial charge is 0.477 e. The molecule has 11 nitrogen and oxygen atoms in total. The molecule has 0 aromatic carbocycles. The predicted molar refractivity (Wildman–Crippen MR) is 151 cm³/mol. The third-order valence-electron chi connectivity index (χ3n) is 7.07. The number of carbonyl (C=O) groups excluding carboxylic acids is 1. The molecule has 2 aliphatic heterocycles. The molecular formula is C25H29Cl2N7O4S. The number of aromatic nitrogens is 4. The lowest BCUT2D eigenvalue weighted by Gasteiger charge is -2.37. The number of nitrogens with one attached hydrogen (secondary N) is 2. The average molecular weight is 595 g/mol. The Morgan fingerprint density at radius 3 is 2.59 bits per heavy atom. The fourth-order valence-electron chi connectivity index (χ4n) is 4.97. The van der Waals surface area contributed by atoms with Crippen molar-refractivity contribution >= 4 is 57.4 Å². The normalized spacial score (nSPS) is 19.8. The molecule has 3 aromatic rings. The number of aromatic amines is 1. The Morgan fingerprint density at radius 1 is 1.15 bits per heavy atom. The summed E-state index contributed by atoms with van der Waals surface area (Å²) in [6.45, 7) is 4.50. The Kier molecular flexibility index (Phi) is 8.27. The van der Waals surface area contributed by atoms with Gasteiger partial charge in [-0.25, -0.2) is 19.7 Å². The van der Waals surface area contributed by atoms with Crippen molar-refractivity contribution < 1.29 is 19.4 Å². The second-order valence-electron chi connectivity index (χ2n) is 9.61. The number of amides is 1. The van der Waals surface area contributed by atoms with Gasteiger partial charge >= 0.3 is 5.97 Å². The van der Waals surface area contributed by atoms with Crippen LogP contribution >= 0.6 is 34.5 Å². The second-order valence-corrected chi connectivity index (χ2v) is 11.3. The van der Waals surface area contributed by atoms with Crippen molar-refractivity contribution in [3.05, 3.63) is 38.6 Å². The van der Waals surface area contributed by atoms with Crippen LogP contribution in [0.5, 0.6) is 0 Å². The van der Waals surface area contributed by atoms with Gasteiger partial charge in [0.25, 0.3) is 5.91 Å². The highest BCUT2D eigenvalue weighted by Gasteiger charge is 2.34. The van der Waals surface area contributed by atoms with Crippen molar-refractivity contribution in [2.75, 3.05) is 43.1 Å². The number of aryl methyl sites for hydroxylation is 1. The number of halogens is 2. The predicted octanol–water partition coefficient (Wildman–Crippen LogP) is 4.26. The molecule has 5 rings (SSSR count). The second kappa shape index (κ2) is 11.7. The lowest BCUT2D eigenvalue weighted by Crippen LogP contribution is -2.55. The van der Waals surface area contributed by atoms with Crippen LogP contribution < -0.4 is 15.1 Å². The molecule has 5 heterocycles. The summed E-state index contributed by atoms with van der Waals surface area (Å²) in [5.41, 5.74) is 1.07. The van der Waals surface area contributed by atoms with Crippen LogP contribution in [0.1, 0.15) is 51.5 Å². The maximum atomic E-state index is 12.9. The molecule has 0 saturated carbocycles. The van der Waals surface area contributed by atoms with Crippen molar-refractivity contribution in [2.24, 2.45) is 0 Å². The number of anilines is 2. The van der Waals surface area contributed by atoms with E-state index in [-0.39, 0.29) is 39.3 Å². The number of ether oxygens (including phenoxy) is 1. The minimum Gasteiger partial charge on any atom is -0.477 e. The topological polar surface area (TPSA) is 137 Å². The average Bonchev–Trinajstić information content (AvgIpc) is 3.52. The van der Waals surface area contributed by atoms with E-state index in [2.05, 4.69) is 30.2 Å². The molecule has 2 atom stereocenters. The highest BCUT2D eigenvalue weighted by Crippen LogP contribution is 2.34. The van der Waals surface area contributed by atoms with E-state index in [9.17, 15) is 14.7 Å². The molecule has 2 fully saturated rings. The number of carbonyl (C=O) groups is 2. The van der Waals surface area contributed by atoms with E-state index in [1.165, 1.54) is 6.42 Å². The smallest absolute Gasteiger partial charge is 0.348 e. The number of hydrogen-bond acceptors (Lipinski definition) is 9. The molecule has 2 saturated heterocycles. The van der Waals surface area contributed by atoms with Crippen LogP contribution in [-0.2, 0) is 4.74 Å². The van der Waals surface area contributed by atoms with Crippen LogP contribution in [0.3, 0.4) is 0 Å². The molecule has 0 bridgehead atoms. The Labute approximate surface area is 239 Å². The van der Waals surface area contributed by atoms with Crippen molar-refractivity contribution in [3.8, 4) is 11.5 Å². The molecule has 0 radical (unpaired) electrons. The molecule has 39 heavy (non-hydrogen) atoms. The van der Waals surface area contributed by atoms with Gasteiger partial charge in [0.15, 0.2) is 11.0 Å². The lowest BCUT2D eigenvalue weighted by atomic mass is 10.0.